The summed E-state index contributed by atoms with van der Waals surface area (Å²) in [5.74, 6) is 0. The molecule has 19 aromatic rings. The van der Waals surface area contributed by atoms with E-state index in [1.54, 1.807) is 0 Å². The Hall–Kier alpha value is -10.5. The molecule has 7 aromatic heterocycles. The molecule has 0 radical (unpaired) electrons. The van der Waals surface area contributed by atoms with Crippen molar-refractivity contribution in [3.8, 4) is 33.6 Å². The summed E-state index contributed by atoms with van der Waals surface area (Å²) in [6.45, 7) is 0. The van der Waals surface area contributed by atoms with Gasteiger partial charge in [-0.05, 0) is 105 Å². The molecule has 7 heterocycles. The molecule has 0 N–H and O–H groups in total. The first-order valence-electron chi connectivity index (χ1n) is 27.0. The van der Waals surface area contributed by atoms with Crippen LogP contribution < -0.4 is 0 Å². The van der Waals surface area contributed by atoms with Crippen LogP contribution in [0.2, 0.25) is 0 Å². The maximum atomic E-state index is 5.70. The van der Waals surface area contributed by atoms with E-state index in [9.17, 15) is 0 Å². The van der Waals surface area contributed by atoms with Gasteiger partial charge in [-0.1, -0.05) is 170 Å². The Labute approximate surface area is 444 Å². The van der Waals surface area contributed by atoms with Gasteiger partial charge in [-0.3, -0.25) is 4.40 Å². The Morgan fingerprint density at radius 1 is 0.269 bits per heavy atom. The summed E-state index contributed by atoms with van der Waals surface area (Å²) in [6.07, 6.45) is 2.18. The van der Waals surface area contributed by atoms with Crippen LogP contribution in [-0.2, 0) is 0 Å². The average Bonchev–Trinajstić information content (AvgIpc) is 3.59. The van der Waals surface area contributed by atoms with Crippen LogP contribution in [0, 0.1) is 0 Å². The molecule has 0 aliphatic carbocycles. The summed E-state index contributed by atoms with van der Waals surface area (Å²) in [7, 11) is 0. The molecular formula is C73H41N5. The van der Waals surface area contributed by atoms with E-state index in [1.165, 1.54) is 153 Å². The summed E-state index contributed by atoms with van der Waals surface area (Å²) in [5.41, 5.74) is 18.8. The molecule has 12 aromatic carbocycles. The van der Waals surface area contributed by atoms with Crippen molar-refractivity contribution in [2.24, 2.45) is 0 Å². The molecule has 0 bridgehead atoms. The highest BCUT2D eigenvalue weighted by Crippen LogP contribution is 2.51. The van der Waals surface area contributed by atoms with Crippen LogP contribution in [-0.4, -0.2) is 22.9 Å². The highest BCUT2D eigenvalue weighted by Gasteiger charge is 2.29. The maximum absolute atomic E-state index is 5.70. The summed E-state index contributed by atoms with van der Waals surface area (Å²) >= 11 is 0. The molecule has 0 amide bonds. The first-order chi connectivity index (χ1) is 38.7. The average molecular weight is 988 g/mol. The van der Waals surface area contributed by atoms with Gasteiger partial charge in [-0.2, -0.15) is 0 Å². The SMILES string of the molecule is c1ccc(-n2c3ccccc3c3cc(-c4cc5ccccc5c5c6cccc7c8c9c%10cccc%11c%12cc%13ccccc%13c(-c%13ccc%14c(c%13)c%13ccccc%13n%14-c%13ccccc%13)c%12n(c9ncc8n(c45)c76)c%11%10)ccc32)cc1. The smallest absolute Gasteiger partial charge is 0.146 e. The van der Waals surface area contributed by atoms with Crippen molar-refractivity contribution in [3.63, 3.8) is 0 Å². The van der Waals surface area contributed by atoms with E-state index in [4.69, 9.17) is 4.98 Å². The van der Waals surface area contributed by atoms with E-state index < -0.39 is 0 Å². The predicted octanol–water partition coefficient (Wildman–Crippen LogP) is 19.2. The van der Waals surface area contributed by atoms with Crippen molar-refractivity contribution in [2.45, 2.75) is 0 Å². The molecule has 78 heavy (non-hydrogen) atoms. The Bertz CT molecular complexity index is 5760. The number of fused-ring (bicyclic) bond motifs is 22. The van der Waals surface area contributed by atoms with Gasteiger partial charge in [0.2, 0.25) is 0 Å². The topological polar surface area (TPSA) is 31.6 Å². The molecule has 0 fully saturated rings. The third-order valence-electron chi connectivity index (χ3n) is 17.6. The molecule has 0 spiro atoms. The zero-order chi connectivity index (χ0) is 50.5. The van der Waals surface area contributed by atoms with Gasteiger partial charge in [0.1, 0.15) is 5.65 Å². The number of benzene rings is 12. The number of hydrogen-bond acceptors (Lipinski definition) is 1. The molecule has 5 nitrogen and oxygen atoms in total. The second-order valence-electron chi connectivity index (χ2n) is 21.4. The van der Waals surface area contributed by atoms with E-state index >= 15 is 0 Å². The fraction of sp³-hybridized carbons (Fsp3) is 0. The molecule has 0 saturated heterocycles. The zero-order valence-corrected chi connectivity index (χ0v) is 41.9. The van der Waals surface area contributed by atoms with Crippen LogP contribution >= 0.6 is 0 Å². The molecule has 0 unspecified atom stereocenters. The number of pyridine rings is 1. The molecule has 0 saturated carbocycles. The van der Waals surface area contributed by atoms with Crippen LogP contribution in [0.5, 0.6) is 0 Å². The Kier molecular flexibility index (Phi) is 7.68. The predicted molar refractivity (Wildman–Crippen MR) is 328 cm³/mol. The number of para-hydroxylation sites is 6. The van der Waals surface area contributed by atoms with Crippen molar-refractivity contribution in [3.05, 3.63) is 249 Å². The molecule has 19 rings (SSSR count). The lowest BCUT2D eigenvalue weighted by atomic mass is 9.93. The standard InChI is InChI=1S/C73H41N5/c1-3-19-46(20-4-1)75-60-31-13-11-25-50(60)57-38-44(33-35-62(57)75)56-37-42-17-8-10-24-49(42)66-53-28-16-29-54-67-64(77(70(53)54)71(56)66)41-74-73-68(67)55-30-15-27-52-59-39-43-18-7-9-23-48(43)65(72(59)78(73)69(52)55)45-34-36-63-58(40-45)51-26-12-14-32-61(51)76(63)47-21-5-2-6-22-47/h1-41H. The minimum absolute atomic E-state index is 0.978. The molecule has 0 aliphatic rings. The van der Waals surface area contributed by atoms with Gasteiger partial charge in [0, 0.05) is 87.1 Å². The van der Waals surface area contributed by atoms with Crippen molar-refractivity contribution in [2.75, 3.05) is 0 Å². The molecule has 0 aliphatic heterocycles. The van der Waals surface area contributed by atoms with Gasteiger partial charge < -0.3 is 13.5 Å². The fourth-order valence-electron chi connectivity index (χ4n) is 14.5. The molecular weight excluding hydrogens is 947 g/mol. The highest BCUT2D eigenvalue weighted by atomic mass is 15.0. The van der Waals surface area contributed by atoms with Crippen molar-refractivity contribution in [1.29, 1.82) is 0 Å². The van der Waals surface area contributed by atoms with E-state index in [2.05, 4.69) is 267 Å². The Morgan fingerprint density at radius 3 is 1.45 bits per heavy atom. The van der Waals surface area contributed by atoms with Crippen LogP contribution in [0.1, 0.15) is 0 Å². The van der Waals surface area contributed by atoms with E-state index in [0.29, 0.717) is 0 Å². The van der Waals surface area contributed by atoms with Crippen LogP contribution in [0.3, 0.4) is 0 Å². The van der Waals surface area contributed by atoms with Gasteiger partial charge >= 0.3 is 0 Å². The van der Waals surface area contributed by atoms with Gasteiger partial charge in [-0.25, -0.2) is 4.98 Å². The normalized spacial score (nSPS) is 12.6. The fourth-order valence-corrected chi connectivity index (χ4v) is 14.5. The lowest BCUT2D eigenvalue weighted by Gasteiger charge is -2.13. The monoisotopic (exact) mass is 987 g/mol. The first-order valence-corrected chi connectivity index (χ1v) is 27.0. The van der Waals surface area contributed by atoms with E-state index in [-0.39, 0.29) is 0 Å². The lowest BCUT2D eigenvalue weighted by Crippen LogP contribution is -1.93. The van der Waals surface area contributed by atoms with Crippen LogP contribution in [0.25, 0.3) is 175 Å². The highest BCUT2D eigenvalue weighted by molar-refractivity contribution is 6.38. The number of nitrogens with zero attached hydrogens (tertiary/aromatic N) is 5. The summed E-state index contributed by atoms with van der Waals surface area (Å²) in [6, 6.07) is 90.0. The first kappa shape index (κ1) is 40.8. The van der Waals surface area contributed by atoms with Gasteiger partial charge in [-0.15, -0.1) is 0 Å². The molecule has 358 valence electrons. The number of aromatic nitrogens is 5. The van der Waals surface area contributed by atoms with Gasteiger partial charge in [0.05, 0.1) is 55.8 Å². The minimum Gasteiger partial charge on any atom is -0.309 e. The summed E-state index contributed by atoms with van der Waals surface area (Å²) < 4.78 is 9.88. The molecule has 5 heteroatoms. The third kappa shape index (κ3) is 5.04. The zero-order valence-electron chi connectivity index (χ0n) is 41.9. The summed E-state index contributed by atoms with van der Waals surface area (Å²) in [4.78, 5) is 5.70. The number of rotatable bonds is 4. The second kappa shape index (κ2) is 14.7. The largest absolute Gasteiger partial charge is 0.309 e. The quantitative estimate of drug-likeness (QED) is 0.173. The second-order valence-corrected chi connectivity index (χ2v) is 21.4. The van der Waals surface area contributed by atoms with Gasteiger partial charge in [0.25, 0.3) is 0 Å². The lowest BCUT2D eigenvalue weighted by molar-refractivity contribution is 1.18. The van der Waals surface area contributed by atoms with Crippen molar-refractivity contribution in [1.82, 2.24) is 22.9 Å². The maximum Gasteiger partial charge on any atom is 0.146 e. The van der Waals surface area contributed by atoms with Crippen LogP contribution in [0.4, 0.5) is 0 Å². The minimum atomic E-state index is 0.978. The molecule has 0 atom stereocenters. The number of hydrogen-bond donors (Lipinski definition) is 0. The summed E-state index contributed by atoms with van der Waals surface area (Å²) in [5, 5.41) is 19.8. The van der Waals surface area contributed by atoms with Gasteiger partial charge in [0.15, 0.2) is 0 Å². The van der Waals surface area contributed by atoms with Crippen LogP contribution in [0.15, 0.2) is 249 Å². The van der Waals surface area contributed by atoms with E-state index in [1.807, 2.05) is 0 Å². The Morgan fingerprint density at radius 2 is 0.769 bits per heavy atom. The van der Waals surface area contributed by atoms with Crippen molar-refractivity contribution < 1.29 is 0 Å². The van der Waals surface area contributed by atoms with E-state index in [0.717, 1.165) is 22.5 Å². The van der Waals surface area contributed by atoms with Crippen molar-refractivity contribution >= 4 is 141 Å². The third-order valence-corrected chi connectivity index (χ3v) is 17.6. The Balaban J connectivity index is 0.923.